The summed E-state index contributed by atoms with van der Waals surface area (Å²) in [5.41, 5.74) is 1.03. The summed E-state index contributed by atoms with van der Waals surface area (Å²) >= 11 is 5.77. The number of amides is 1. The summed E-state index contributed by atoms with van der Waals surface area (Å²) in [6.07, 6.45) is 2.83. The zero-order valence-electron chi connectivity index (χ0n) is 13.0. The Hall–Kier alpha value is -3.18. The van der Waals surface area contributed by atoms with E-state index in [1.54, 1.807) is 6.07 Å². The Morgan fingerprint density at radius 2 is 1.84 bits per heavy atom. The predicted molar refractivity (Wildman–Crippen MR) is 99.7 cm³/mol. The highest BCUT2D eigenvalue weighted by atomic mass is 35.5. The van der Waals surface area contributed by atoms with Gasteiger partial charge in [-0.3, -0.25) is 14.9 Å². The first-order chi connectivity index (χ1) is 12.0. The van der Waals surface area contributed by atoms with Crippen molar-refractivity contribution in [2.75, 3.05) is 5.32 Å². The topological polar surface area (TPSA) is 72.2 Å². The molecular weight excluding hydrogens is 340 g/mol. The van der Waals surface area contributed by atoms with Gasteiger partial charge in [0.05, 0.1) is 4.92 Å². The van der Waals surface area contributed by atoms with E-state index in [0.29, 0.717) is 11.3 Å². The van der Waals surface area contributed by atoms with E-state index in [2.05, 4.69) is 5.32 Å². The van der Waals surface area contributed by atoms with Crippen LogP contribution in [0.4, 0.5) is 11.4 Å². The number of carbonyl (C=O) groups is 1. The molecule has 1 amide bonds. The van der Waals surface area contributed by atoms with Gasteiger partial charge in [0.1, 0.15) is 5.02 Å². The number of carbonyl (C=O) groups excluding carboxylic acids is 1. The van der Waals surface area contributed by atoms with Gasteiger partial charge in [0.15, 0.2) is 0 Å². The van der Waals surface area contributed by atoms with Crippen molar-refractivity contribution in [2.24, 2.45) is 0 Å². The number of nitrogens with one attached hydrogen (secondary N) is 1. The quantitative estimate of drug-likeness (QED) is 0.405. The lowest BCUT2D eigenvalue weighted by atomic mass is 10.1. The van der Waals surface area contributed by atoms with Gasteiger partial charge in [-0.05, 0) is 29.2 Å². The third-order valence-electron chi connectivity index (χ3n) is 3.64. The molecule has 5 nitrogen and oxygen atoms in total. The maximum absolute atomic E-state index is 12.2. The molecule has 0 spiro atoms. The zero-order valence-corrected chi connectivity index (χ0v) is 13.7. The third-order valence-corrected chi connectivity index (χ3v) is 3.96. The molecule has 3 aromatic rings. The molecule has 3 rings (SSSR count). The van der Waals surface area contributed by atoms with E-state index in [9.17, 15) is 14.9 Å². The van der Waals surface area contributed by atoms with Crippen molar-refractivity contribution in [3.8, 4) is 0 Å². The van der Waals surface area contributed by atoms with Gasteiger partial charge in [-0.15, -0.1) is 0 Å². The number of benzene rings is 3. The smallest absolute Gasteiger partial charge is 0.288 e. The second kappa shape index (κ2) is 7.15. The molecule has 0 unspecified atom stereocenters. The number of hydrogen-bond donors (Lipinski definition) is 1. The minimum Gasteiger partial charge on any atom is -0.322 e. The summed E-state index contributed by atoms with van der Waals surface area (Å²) in [6, 6.07) is 17.7. The number of nitrogens with zero attached hydrogens (tertiary/aromatic N) is 1. The number of fused-ring (bicyclic) bond motifs is 1. The second-order valence-electron chi connectivity index (χ2n) is 5.32. The molecule has 0 fully saturated rings. The highest BCUT2D eigenvalue weighted by Crippen LogP contribution is 2.26. The summed E-state index contributed by atoms with van der Waals surface area (Å²) in [5.74, 6) is -0.325. The van der Waals surface area contributed by atoms with Crippen LogP contribution < -0.4 is 5.32 Å². The lowest BCUT2D eigenvalue weighted by Gasteiger charge is -2.06. The molecule has 0 saturated heterocycles. The maximum atomic E-state index is 12.2. The average molecular weight is 353 g/mol. The number of anilines is 1. The Balaban J connectivity index is 1.79. The molecule has 0 bridgehead atoms. The maximum Gasteiger partial charge on any atom is 0.288 e. The molecule has 0 aliphatic carbocycles. The molecule has 0 aromatic heterocycles. The van der Waals surface area contributed by atoms with Gasteiger partial charge in [-0.2, -0.15) is 0 Å². The summed E-state index contributed by atoms with van der Waals surface area (Å²) in [4.78, 5) is 22.5. The molecule has 124 valence electrons. The minimum atomic E-state index is -0.560. The van der Waals surface area contributed by atoms with Crippen LogP contribution in [0.1, 0.15) is 5.56 Å². The van der Waals surface area contributed by atoms with Crippen molar-refractivity contribution in [2.45, 2.75) is 0 Å². The predicted octanol–water partition coefficient (Wildman–Crippen LogP) is 5.05. The van der Waals surface area contributed by atoms with Crippen LogP contribution in [0.25, 0.3) is 16.8 Å². The number of rotatable bonds is 4. The SMILES string of the molecule is O=C(C=Cc1ccc(Cl)c([N+](=O)[O-])c1)Nc1cccc2ccccc12. The molecule has 0 aliphatic rings. The first-order valence-electron chi connectivity index (χ1n) is 7.45. The van der Waals surface area contributed by atoms with E-state index in [1.807, 2.05) is 42.5 Å². The summed E-state index contributed by atoms with van der Waals surface area (Å²) in [6.45, 7) is 0. The van der Waals surface area contributed by atoms with Crippen LogP contribution in [0, 0.1) is 10.1 Å². The fourth-order valence-electron chi connectivity index (χ4n) is 2.45. The number of nitro groups is 1. The molecule has 0 atom stereocenters. The van der Waals surface area contributed by atoms with Gasteiger partial charge in [0.25, 0.3) is 5.69 Å². The van der Waals surface area contributed by atoms with Gasteiger partial charge in [-0.1, -0.05) is 54.1 Å². The molecule has 1 N–H and O–H groups in total. The van der Waals surface area contributed by atoms with Gasteiger partial charge < -0.3 is 5.32 Å². The summed E-state index contributed by atoms with van der Waals surface area (Å²) in [5, 5.41) is 15.7. The lowest BCUT2D eigenvalue weighted by Crippen LogP contribution is -2.08. The standard InChI is InChI=1S/C19H13ClN2O3/c20-16-10-8-13(12-18(16)22(24)25)9-11-19(23)21-17-7-3-5-14-4-1-2-6-15(14)17/h1-12H,(H,21,23). The Morgan fingerprint density at radius 3 is 2.64 bits per heavy atom. The highest BCUT2D eigenvalue weighted by molar-refractivity contribution is 6.32. The molecule has 0 radical (unpaired) electrons. The van der Waals surface area contributed by atoms with Crippen molar-refractivity contribution in [3.63, 3.8) is 0 Å². The van der Waals surface area contributed by atoms with E-state index in [0.717, 1.165) is 10.8 Å². The number of nitro benzene ring substituents is 1. The van der Waals surface area contributed by atoms with Crippen molar-refractivity contribution < 1.29 is 9.72 Å². The number of hydrogen-bond acceptors (Lipinski definition) is 3. The number of halogens is 1. The molecular formula is C19H13ClN2O3. The van der Waals surface area contributed by atoms with Crippen LogP contribution in [0.5, 0.6) is 0 Å². The van der Waals surface area contributed by atoms with Crippen molar-refractivity contribution >= 4 is 45.7 Å². The van der Waals surface area contributed by atoms with Crippen LogP contribution in [0.15, 0.2) is 66.7 Å². The molecule has 0 aliphatic heterocycles. The van der Waals surface area contributed by atoms with Crippen molar-refractivity contribution in [1.29, 1.82) is 0 Å². The summed E-state index contributed by atoms with van der Waals surface area (Å²) < 4.78 is 0. The highest BCUT2D eigenvalue weighted by Gasteiger charge is 2.11. The zero-order chi connectivity index (χ0) is 17.8. The second-order valence-corrected chi connectivity index (χ2v) is 5.72. The van der Waals surface area contributed by atoms with Crippen LogP contribution >= 0.6 is 11.6 Å². The lowest BCUT2D eigenvalue weighted by molar-refractivity contribution is -0.384. The van der Waals surface area contributed by atoms with E-state index in [4.69, 9.17) is 11.6 Å². The molecule has 25 heavy (non-hydrogen) atoms. The van der Waals surface area contributed by atoms with Crippen molar-refractivity contribution in [1.82, 2.24) is 0 Å². The summed E-state index contributed by atoms with van der Waals surface area (Å²) in [7, 11) is 0. The first kappa shape index (κ1) is 16.7. The van der Waals surface area contributed by atoms with Gasteiger partial charge >= 0.3 is 0 Å². The van der Waals surface area contributed by atoms with Crippen LogP contribution in [0.2, 0.25) is 5.02 Å². The molecule has 3 aromatic carbocycles. The minimum absolute atomic E-state index is 0.0577. The molecule has 6 heteroatoms. The Labute approximate surface area is 148 Å². The largest absolute Gasteiger partial charge is 0.322 e. The van der Waals surface area contributed by atoms with Crippen LogP contribution in [-0.2, 0) is 4.79 Å². The van der Waals surface area contributed by atoms with E-state index in [1.165, 1.54) is 24.3 Å². The Morgan fingerprint density at radius 1 is 1.08 bits per heavy atom. The van der Waals surface area contributed by atoms with Crippen LogP contribution in [-0.4, -0.2) is 10.8 Å². The van der Waals surface area contributed by atoms with Crippen molar-refractivity contribution in [3.05, 3.63) is 87.4 Å². The molecule has 0 heterocycles. The van der Waals surface area contributed by atoms with E-state index in [-0.39, 0.29) is 16.6 Å². The Kier molecular flexibility index (Phi) is 4.77. The third kappa shape index (κ3) is 3.84. The van der Waals surface area contributed by atoms with Crippen LogP contribution in [0.3, 0.4) is 0 Å². The van der Waals surface area contributed by atoms with Gasteiger partial charge in [0, 0.05) is 23.2 Å². The van der Waals surface area contributed by atoms with Gasteiger partial charge in [0.2, 0.25) is 5.91 Å². The van der Waals surface area contributed by atoms with E-state index < -0.39 is 4.92 Å². The average Bonchev–Trinajstić information content (AvgIpc) is 2.61. The van der Waals surface area contributed by atoms with Gasteiger partial charge in [-0.25, -0.2) is 0 Å². The van der Waals surface area contributed by atoms with E-state index >= 15 is 0 Å². The fraction of sp³-hybridized carbons (Fsp3) is 0. The monoisotopic (exact) mass is 352 g/mol. The molecule has 0 saturated carbocycles. The normalized spacial score (nSPS) is 10.9. The Bertz CT molecular complexity index is 994. The fourth-order valence-corrected chi connectivity index (χ4v) is 2.64. The first-order valence-corrected chi connectivity index (χ1v) is 7.83.